The Hall–Kier alpha value is -2.49. The molecule has 0 bridgehead atoms. The van der Waals surface area contributed by atoms with Crippen molar-refractivity contribution in [2.75, 3.05) is 44.7 Å². The molecule has 1 saturated heterocycles. The summed E-state index contributed by atoms with van der Waals surface area (Å²) in [4.78, 5) is 20.7. The number of halogens is 1. The molecule has 1 amide bonds. The molecule has 1 aliphatic rings. The first-order chi connectivity index (χ1) is 14.1. The standard InChI is InChI=1S/C22H29N5O2.HI/c1-3-24-21(29)18-10-8-17(9-11-18)16-25-22(23-2)27-14-12-26(13-15-27)19-6-4-5-7-20(19)28;/h4-11,28H,3,12-16H2,1-2H3,(H,23,25)(H,24,29);1H. The maximum Gasteiger partial charge on any atom is 0.251 e. The van der Waals surface area contributed by atoms with Gasteiger partial charge in [0.1, 0.15) is 5.75 Å². The van der Waals surface area contributed by atoms with Crippen LogP contribution in [0, 0.1) is 0 Å². The molecule has 1 fully saturated rings. The van der Waals surface area contributed by atoms with Gasteiger partial charge in [0.2, 0.25) is 0 Å². The van der Waals surface area contributed by atoms with Crippen LogP contribution in [0.3, 0.4) is 0 Å². The number of phenols is 1. The van der Waals surface area contributed by atoms with E-state index in [1.54, 1.807) is 13.1 Å². The van der Waals surface area contributed by atoms with Gasteiger partial charge in [0.05, 0.1) is 5.69 Å². The van der Waals surface area contributed by atoms with E-state index in [0.717, 1.165) is 43.4 Å². The van der Waals surface area contributed by atoms with Crippen molar-refractivity contribution in [2.24, 2.45) is 4.99 Å². The predicted octanol–water partition coefficient (Wildman–Crippen LogP) is 2.66. The van der Waals surface area contributed by atoms with Crippen LogP contribution in [-0.4, -0.2) is 61.6 Å². The Morgan fingerprint density at radius 2 is 1.70 bits per heavy atom. The Kier molecular flexibility index (Phi) is 9.22. The van der Waals surface area contributed by atoms with E-state index in [-0.39, 0.29) is 29.9 Å². The summed E-state index contributed by atoms with van der Waals surface area (Å²) in [5.74, 6) is 1.12. The molecule has 2 aromatic carbocycles. The summed E-state index contributed by atoms with van der Waals surface area (Å²) in [6.07, 6.45) is 0. The number of phenolic OH excluding ortho intramolecular Hbond substituents is 1. The summed E-state index contributed by atoms with van der Waals surface area (Å²) >= 11 is 0. The van der Waals surface area contributed by atoms with Crippen LogP contribution in [0.15, 0.2) is 53.5 Å². The van der Waals surface area contributed by atoms with E-state index < -0.39 is 0 Å². The Bertz CT molecular complexity index is 849. The van der Waals surface area contributed by atoms with Crippen LogP contribution in [0.2, 0.25) is 0 Å². The topological polar surface area (TPSA) is 80.2 Å². The molecule has 0 saturated carbocycles. The van der Waals surface area contributed by atoms with Crippen molar-refractivity contribution in [3.8, 4) is 5.75 Å². The van der Waals surface area contributed by atoms with Crippen LogP contribution in [0.25, 0.3) is 0 Å². The van der Waals surface area contributed by atoms with Gasteiger partial charge in [0, 0.05) is 51.9 Å². The smallest absolute Gasteiger partial charge is 0.251 e. The van der Waals surface area contributed by atoms with E-state index in [1.807, 2.05) is 49.4 Å². The molecule has 3 N–H and O–H groups in total. The number of piperazine rings is 1. The first kappa shape index (κ1) is 23.8. The summed E-state index contributed by atoms with van der Waals surface area (Å²) in [6.45, 7) is 6.45. The average molecular weight is 523 g/mol. The SMILES string of the molecule is CCNC(=O)c1ccc(CNC(=NC)N2CCN(c3ccccc3O)CC2)cc1.I. The zero-order chi connectivity index (χ0) is 20.6. The fourth-order valence-electron chi connectivity index (χ4n) is 3.44. The van der Waals surface area contributed by atoms with Gasteiger partial charge in [0.15, 0.2) is 5.96 Å². The molecular weight excluding hydrogens is 493 g/mol. The second kappa shape index (κ2) is 11.6. The Morgan fingerprint density at radius 1 is 1.03 bits per heavy atom. The highest BCUT2D eigenvalue weighted by atomic mass is 127. The van der Waals surface area contributed by atoms with E-state index in [0.29, 0.717) is 24.4 Å². The molecule has 3 rings (SSSR count). The predicted molar refractivity (Wildman–Crippen MR) is 132 cm³/mol. The van der Waals surface area contributed by atoms with Gasteiger partial charge in [-0.25, -0.2) is 0 Å². The minimum Gasteiger partial charge on any atom is -0.506 e. The highest BCUT2D eigenvalue weighted by molar-refractivity contribution is 14.0. The van der Waals surface area contributed by atoms with Gasteiger partial charge < -0.3 is 25.5 Å². The monoisotopic (exact) mass is 523 g/mol. The molecule has 7 nitrogen and oxygen atoms in total. The van der Waals surface area contributed by atoms with E-state index in [2.05, 4.69) is 25.4 Å². The number of nitrogens with zero attached hydrogens (tertiary/aromatic N) is 3. The van der Waals surface area contributed by atoms with Crippen molar-refractivity contribution in [1.82, 2.24) is 15.5 Å². The van der Waals surface area contributed by atoms with Crippen LogP contribution >= 0.6 is 24.0 Å². The molecule has 1 aliphatic heterocycles. The summed E-state index contributed by atoms with van der Waals surface area (Å²) in [6, 6.07) is 15.1. The lowest BCUT2D eigenvalue weighted by Gasteiger charge is -2.37. The van der Waals surface area contributed by atoms with Gasteiger partial charge in [-0.2, -0.15) is 0 Å². The summed E-state index contributed by atoms with van der Waals surface area (Å²) < 4.78 is 0. The number of guanidine groups is 1. The average Bonchev–Trinajstić information content (AvgIpc) is 2.76. The quantitative estimate of drug-likeness (QED) is 0.319. The molecule has 162 valence electrons. The molecule has 2 aromatic rings. The zero-order valence-corrected chi connectivity index (χ0v) is 19.8. The van der Waals surface area contributed by atoms with Crippen LogP contribution in [0.5, 0.6) is 5.75 Å². The zero-order valence-electron chi connectivity index (χ0n) is 17.5. The minimum absolute atomic E-state index is 0. The van der Waals surface area contributed by atoms with Crippen LogP contribution in [-0.2, 0) is 6.54 Å². The number of carbonyl (C=O) groups is 1. The normalized spacial score (nSPS) is 14.1. The van der Waals surface area contributed by atoms with Crippen molar-refractivity contribution in [3.63, 3.8) is 0 Å². The number of hydrogen-bond acceptors (Lipinski definition) is 4. The fraction of sp³-hybridized carbons (Fsp3) is 0.364. The van der Waals surface area contributed by atoms with Gasteiger partial charge in [-0.3, -0.25) is 9.79 Å². The molecule has 0 spiro atoms. The Balaban J connectivity index is 0.00000320. The minimum atomic E-state index is -0.0508. The molecule has 30 heavy (non-hydrogen) atoms. The number of nitrogens with one attached hydrogen (secondary N) is 2. The second-order valence-corrected chi connectivity index (χ2v) is 6.92. The third-order valence-corrected chi connectivity index (χ3v) is 5.02. The number of aliphatic imine (C=N–C) groups is 1. The van der Waals surface area contributed by atoms with E-state index in [4.69, 9.17) is 0 Å². The molecule has 0 radical (unpaired) electrons. The van der Waals surface area contributed by atoms with Crippen molar-refractivity contribution in [3.05, 3.63) is 59.7 Å². The third-order valence-electron chi connectivity index (χ3n) is 5.02. The largest absolute Gasteiger partial charge is 0.506 e. The second-order valence-electron chi connectivity index (χ2n) is 6.92. The number of anilines is 1. The maximum absolute atomic E-state index is 11.9. The lowest BCUT2D eigenvalue weighted by molar-refractivity contribution is 0.0956. The van der Waals surface area contributed by atoms with Gasteiger partial charge >= 0.3 is 0 Å². The number of carbonyl (C=O) groups excluding carboxylic acids is 1. The summed E-state index contributed by atoms with van der Waals surface area (Å²) in [7, 11) is 1.79. The molecule has 0 atom stereocenters. The Labute approximate surface area is 195 Å². The third kappa shape index (κ3) is 6.01. The van der Waals surface area contributed by atoms with Crippen LogP contribution < -0.4 is 15.5 Å². The highest BCUT2D eigenvalue weighted by Crippen LogP contribution is 2.27. The van der Waals surface area contributed by atoms with Gasteiger partial charge in [0.25, 0.3) is 5.91 Å². The van der Waals surface area contributed by atoms with E-state index in [1.165, 1.54) is 0 Å². The lowest BCUT2D eigenvalue weighted by atomic mass is 10.1. The Morgan fingerprint density at radius 3 is 2.30 bits per heavy atom. The van der Waals surface area contributed by atoms with Gasteiger partial charge in [-0.1, -0.05) is 24.3 Å². The van der Waals surface area contributed by atoms with Crippen LogP contribution in [0.4, 0.5) is 5.69 Å². The number of benzene rings is 2. The molecular formula is C22H30IN5O2. The summed E-state index contributed by atoms with van der Waals surface area (Å²) in [5, 5.41) is 16.3. The van der Waals surface area contributed by atoms with E-state index in [9.17, 15) is 9.90 Å². The summed E-state index contributed by atoms with van der Waals surface area (Å²) in [5.41, 5.74) is 2.63. The molecule has 0 aromatic heterocycles. The number of para-hydroxylation sites is 2. The number of rotatable bonds is 5. The van der Waals surface area contributed by atoms with Crippen molar-refractivity contribution in [2.45, 2.75) is 13.5 Å². The number of hydrogen-bond donors (Lipinski definition) is 3. The van der Waals surface area contributed by atoms with Gasteiger partial charge in [-0.05, 0) is 36.8 Å². The van der Waals surface area contributed by atoms with Gasteiger partial charge in [-0.15, -0.1) is 24.0 Å². The first-order valence-corrected chi connectivity index (χ1v) is 9.98. The number of aromatic hydroxyl groups is 1. The molecule has 8 heteroatoms. The fourth-order valence-corrected chi connectivity index (χ4v) is 3.44. The van der Waals surface area contributed by atoms with E-state index >= 15 is 0 Å². The lowest BCUT2D eigenvalue weighted by Crippen LogP contribution is -2.52. The van der Waals surface area contributed by atoms with Crippen molar-refractivity contribution in [1.29, 1.82) is 0 Å². The molecule has 0 unspecified atom stereocenters. The number of amides is 1. The highest BCUT2D eigenvalue weighted by Gasteiger charge is 2.21. The van der Waals surface area contributed by atoms with Crippen LogP contribution in [0.1, 0.15) is 22.8 Å². The molecule has 0 aliphatic carbocycles. The molecule has 1 heterocycles. The maximum atomic E-state index is 11.9. The first-order valence-electron chi connectivity index (χ1n) is 9.98. The van der Waals surface area contributed by atoms with Crippen molar-refractivity contribution >= 4 is 41.5 Å². The van der Waals surface area contributed by atoms with Crippen molar-refractivity contribution < 1.29 is 9.90 Å².